The van der Waals surface area contributed by atoms with Crippen LogP contribution in [0.4, 0.5) is 4.79 Å². The van der Waals surface area contributed by atoms with Crippen LogP contribution >= 0.6 is 11.8 Å². The van der Waals surface area contributed by atoms with Crippen LogP contribution in [0.3, 0.4) is 0 Å². The molecule has 3 nitrogen and oxygen atoms in total. The standard InChI is InChI=1S/C11H22N2OS/c1-3-15-9-6-10(2)12-11(14)13-7-4-5-8-13/h10H,3-9H2,1-2H3,(H,12,14). The Labute approximate surface area is 97.0 Å². The molecule has 0 saturated carbocycles. The molecule has 1 unspecified atom stereocenters. The van der Waals surface area contributed by atoms with E-state index in [1.807, 2.05) is 16.7 Å². The number of thioether (sulfide) groups is 1. The maximum absolute atomic E-state index is 11.7. The van der Waals surface area contributed by atoms with Crippen LogP contribution < -0.4 is 5.32 Å². The van der Waals surface area contributed by atoms with Gasteiger partial charge in [0.2, 0.25) is 0 Å². The summed E-state index contributed by atoms with van der Waals surface area (Å²) in [6.45, 7) is 6.12. The number of amides is 2. The third-order valence-electron chi connectivity index (χ3n) is 2.66. The number of nitrogens with zero attached hydrogens (tertiary/aromatic N) is 1. The molecule has 1 heterocycles. The first kappa shape index (κ1) is 12.7. The topological polar surface area (TPSA) is 32.3 Å². The maximum Gasteiger partial charge on any atom is 0.317 e. The van der Waals surface area contributed by atoms with Crippen molar-refractivity contribution in [3.63, 3.8) is 0 Å². The largest absolute Gasteiger partial charge is 0.336 e. The zero-order chi connectivity index (χ0) is 11.1. The first-order chi connectivity index (χ1) is 7.24. The molecule has 0 spiro atoms. The van der Waals surface area contributed by atoms with Crippen molar-refractivity contribution in [2.75, 3.05) is 24.6 Å². The third kappa shape index (κ3) is 4.78. The summed E-state index contributed by atoms with van der Waals surface area (Å²) < 4.78 is 0. The second kappa shape index (κ2) is 6.99. The molecule has 0 bridgehead atoms. The summed E-state index contributed by atoms with van der Waals surface area (Å²) in [5, 5.41) is 3.05. The van der Waals surface area contributed by atoms with Gasteiger partial charge in [-0.1, -0.05) is 6.92 Å². The molecule has 0 radical (unpaired) electrons. The summed E-state index contributed by atoms with van der Waals surface area (Å²) in [6, 6.07) is 0.429. The van der Waals surface area contributed by atoms with E-state index in [4.69, 9.17) is 0 Å². The number of hydrogen-bond donors (Lipinski definition) is 1. The van der Waals surface area contributed by atoms with Crippen molar-refractivity contribution in [1.82, 2.24) is 10.2 Å². The molecule has 1 aliphatic heterocycles. The minimum Gasteiger partial charge on any atom is -0.336 e. The van der Waals surface area contributed by atoms with Crippen LogP contribution in [0.2, 0.25) is 0 Å². The second-order valence-corrected chi connectivity index (χ2v) is 5.42. The highest BCUT2D eigenvalue weighted by Gasteiger charge is 2.18. The first-order valence-electron chi connectivity index (χ1n) is 5.87. The van der Waals surface area contributed by atoms with Crippen molar-refractivity contribution in [1.29, 1.82) is 0 Å². The lowest BCUT2D eigenvalue weighted by Gasteiger charge is -2.20. The predicted octanol–water partition coefficient (Wildman–Crippen LogP) is 2.32. The van der Waals surface area contributed by atoms with Crippen LogP contribution in [0.5, 0.6) is 0 Å². The van der Waals surface area contributed by atoms with Crippen molar-refractivity contribution in [3.8, 4) is 0 Å². The van der Waals surface area contributed by atoms with Gasteiger partial charge in [-0.3, -0.25) is 0 Å². The predicted molar refractivity (Wildman–Crippen MR) is 66.4 cm³/mol. The van der Waals surface area contributed by atoms with E-state index in [2.05, 4.69) is 19.2 Å². The van der Waals surface area contributed by atoms with E-state index in [1.54, 1.807) is 0 Å². The number of likely N-dealkylation sites (tertiary alicyclic amines) is 1. The summed E-state index contributed by atoms with van der Waals surface area (Å²) in [4.78, 5) is 13.6. The molecule has 1 atom stereocenters. The molecular weight excluding hydrogens is 208 g/mol. The van der Waals surface area contributed by atoms with Gasteiger partial charge in [0.1, 0.15) is 0 Å². The highest BCUT2D eigenvalue weighted by Crippen LogP contribution is 2.08. The number of rotatable bonds is 5. The lowest BCUT2D eigenvalue weighted by atomic mass is 10.3. The fourth-order valence-corrected chi connectivity index (χ4v) is 2.51. The minimum atomic E-state index is 0.126. The van der Waals surface area contributed by atoms with Gasteiger partial charge in [-0.15, -0.1) is 0 Å². The molecule has 0 aromatic rings. The molecule has 1 saturated heterocycles. The zero-order valence-corrected chi connectivity index (χ0v) is 10.6. The number of hydrogen-bond acceptors (Lipinski definition) is 2. The van der Waals surface area contributed by atoms with Gasteiger partial charge in [-0.05, 0) is 37.7 Å². The number of nitrogens with one attached hydrogen (secondary N) is 1. The Bertz CT molecular complexity index is 193. The van der Waals surface area contributed by atoms with Gasteiger partial charge < -0.3 is 10.2 Å². The highest BCUT2D eigenvalue weighted by atomic mass is 32.2. The van der Waals surface area contributed by atoms with Gasteiger partial charge in [0, 0.05) is 19.1 Å². The van der Waals surface area contributed by atoms with Crippen LogP contribution in [-0.2, 0) is 0 Å². The fraction of sp³-hybridized carbons (Fsp3) is 0.909. The molecule has 0 aromatic carbocycles. The van der Waals surface area contributed by atoms with Crippen LogP contribution in [0.15, 0.2) is 0 Å². The molecule has 1 aliphatic rings. The van der Waals surface area contributed by atoms with E-state index in [1.165, 1.54) is 0 Å². The molecule has 88 valence electrons. The van der Waals surface area contributed by atoms with E-state index in [9.17, 15) is 4.79 Å². The van der Waals surface area contributed by atoms with Gasteiger partial charge in [0.25, 0.3) is 0 Å². The van der Waals surface area contributed by atoms with Gasteiger partial charge >= 0.3 is 6.03 Å². The summed E-state index contributed by atoms with van der Waals surface area (Å²) in [5.74, 6) is 2.30. The maximum atomic E-state index is 11.7. The lowest BCUT2D eigenvalue weighted by molar-refractivity contribution is 0.205. The van der Waals surface area contributed by atoms with Crippen LogP contribution in [0, 0.1) is 0 Å². The van der Waals surface area contributed by atoms with E-state index < -0.39 is 0 Å². The number of carbonyl (C=O) groups is 1. The van der Waals surface area contributed by atoms with Crippen molar-refractivity contribution in [3.05, 3.63) is 0 Å². The normalized spacial score (nSPS) is 17.9. The molecule has 2 amide bonds. The molecule has 0 aromatic heterocycles. The zero-order valence-electron chi connectivity index (χ0n) is 9.79. The van der Waals surface area contributed by atoms with E-state index in [0.29, 0.717) is 6.04 Å². The average Bonchev–Trinajstić information content (AvgIpc) is 2.70. The van der Waals surface area contributed by atoms with Crippen molar-refractivity contribution >= 4 is 17.8 Å². The molecule has 4 heteroatoms. The first-order valence-corrected chi connectivity index (χ1v) is 7.02. The molecule has 1 fully saturated rings. The smallest absolute Gasteiger partial charge is 0.317 e. The van der Waals surface area contributed by atoms with Crippen molar-refractivity contribution in [2.45, 2.75) is 39.2 Å². The van der Waals surface area contributed by atoms with Crippen LogP contribution in [0.25, 0.3) is 0 Å². The number of urea groups is 1. The van der Waals surface area contributed by atoms with Crippen molar-refractivity contribution < 1.29 is 4.79 Å². The third-order valence-corrected chi connectivity index (χ3v) is 3.60. The Balaban J connectivity index is 2.13. The summed E-state index contributed by atoms with van der Waals surface area (Å²) >= 11 is 1.93. The number of carbonyl (C=O) groups excluding carboxylic acids is 1. The summed E-state index contributed by atoms with van der Waals surface area (Å²) in [7, 11) is 0. The molecule has 1 rings (SSSR count). The SMILES string of the molecule is CCSCCC(C)NC(=O)N1CCCC1. The minimum absolute atomic E-state index is 0.126. The summed E-state index contributed by atoms with van der Waals surface area (Å²) in [6.07, 6.45) is 3.39. The second-order valence-electron chi connectivity index (χ2n) is 4.03. The Morgan fingerprint density at radius 2 is 2.13 bits per heavy atom. The van der Waals surface area contributed by atoms with E-state index in [0.717, 1.165) is 43.9 Å². The van der Waals surface area contributed by atoms with Crippen molar-refractivity contribution in [2.24, 2.45) is 0 Å². The quantitative estimate of drug-likeness (QED) is 0.735. The van der Waals surface area contributed by atoms with Gasteiger partial charge in [0.15, 0.2) is 0 Å². The highest BCUT2D eigenvalue weighted by molar-refractivity contribution is 7.99. The monoisotopic (exact) mass is 230 g/mol. The Hall–Kier alpha value is -0.380. The Morgan fingerprint density at radius 1 is 1.47 bits per heavy atom. The van der Waals surface area contributed by atoms with Crippen LogP contribution in [-0.4, -0.2) is 41.6 Å². The van der Waals surface area contributed by atoms with Crippen LogP contribution in [0.1, 0.15) is 33.1 Å². The van der Waals surface area contributed by atoms with Gasteiger partial charge in [0.05, 0.1) is 0 Å². The molecule has 0 aliphatic carbocycles. The lowest BCUT2D eigenvalue weighted by Crippen LogP contribution is -2.42. The average molecular weight is 230 g/mol. The van der Waals surface area contributed by atoms with E-state index in [-0.39, 0.29) is 6.03 Å². The summed E-state index contributed by atoms with van der Waals surface area (Å²) in [5.41, 5.74) is 0. The fourth-order valence-electron chi connectivity index (χ4n) is 1.70. The van der Waals surface area contributed by atoms with Gasteiger partial charge in [-0.25, -0.2) is 4.79 Å². The Morgan fingerprint density at radius 3 is 2.73 bits per heavy atom. The molecule has 1 N–H and O–H groups in total. The van der Waals surface area contributed by atoms with Gasteiger partial charge in [-0.2, -0.15) is 11.8 Å². The van der Waals surface area contributed by atoms with E-state index >= 15 is 0 Å². The molecular formula is C11H22N2OS. The Kier molecular flexibility index (Phi) is 5.91. The molecule has 15 heavy (non-hydrogen) atoms.